The Balaban J connectivity index is 4.12. The summed E-state index contributed by atoms with van der Waals surface area (Å²) >= 11 is 0. The molecule has 0 saturated carbocycles. The lowest BCUT2D eigenvalue weighted by atomic mass is 10.0. The number of carbonyl (C=O) groups is 2. The van der Waals surface area contributed by atoms with E-state index in [0.29, 0.717) is 32.5 Å². The van der Waals surface area contributed by atoms with Gasteiger partial charge in [-0.05, 0) is 12.8 Å². The molecule has 0 aliphatic carbocycles. The number of aliphatic carboxylic acids is 1. The molecule has 1 atom stereocenters. The highest BCUT2D eigenvalue weighted by molar-refractivity contribution is 5.74. The van der Waals surface area contributed by atoms with Crippen LogP contribution in [0.15, 0.2) is 0 Å². The number of nitrogens with one attached hydrogen (secondary N) is 1. The molecule has 2 amide bonds. The number of hydrogen-bond donors (Lipinski definition) is 2. The van der Waals surface area contributed by atoms with Crippen LogP contribution in [0.25, 0.3) is 0 Å². The van der Waals surface area contributed by atoms with Crippen LogP contribution in [0, 0.1) is 17.2 Å². The van der Waals surface area contributed by atoms with Crippen molar-refractivity contribution >= 4 is 12.0 Å². The quantitative estimate of drug-likeness (QED) is 0.686. The summed E-state index contributed by atoms with van der Waals surface area (Å²) in [4.78, 5) is 23.9. The molecule has 18 heavy (non-hydrogen) atoms. The Hall–Kier alpha value is -1.77. The van der Waals surface area contributed by atoms with Crippen molar-refractivity contribution in [3.63, 3.8) is 0 Å². The molecule has 2 N–H and O–H groups in total. The standard InChI is InChI=1S/C12H21N3O3/c1-3-10(8-11(16)17)9-14-12(18)15(4-2)7-5-6-13/h10H,3-5,7-9H2,1-2H3,(H,14,18)(H,16,17). The van der Waals surface area contributed by atoms with Gasteiger partial charge in [-0.2, -0.15) is 5.26 Å². The number of rotatable bonds is 8. The van der Waals surface area contributed by atoms with E-state index in [1.807, 2.05) is 19.9 Å². The number of carbonyl (C=O) groups excluding carboxylic acids is 1. The normalized spacial score (nSPS) is 11.4. The second-order valence-corrected chi connectivity index (χ2v) is 4.05. The van der Waals surface area contributed by atoms with Crippen LogP contribution in [0.3, 0.4) is 0 Å². The number of urea groups is 1. The maximum absolute atomic E-state index is 11.7. The fraction of sp³-hybridized carbons (Fsp3) is 0.750. The predicted octanol–water partition coefficient (Wildman–Crippen LogP) is 1.43. The van der Waals surface area contributed by atoms with Gasteiger partial charge in [0.05, 0.1) is 12.5 Å². The lowest BCUT2D eigenvalue weighted by Gasteiger charge is -2.21. The van der Waals surface area contributed by atoms with E-state index in [9.17, 15) is 9.59 Å². The molecule has 0 rings (SSSR count). The van der Waals surface area contributed by atoms with E-state index in [2.05, 4.69) is 5.32 Å². The van der Waals surface area contributed by atoms with Crippen LogP contribution in [0.5, 0.6) is 0 Å². The Morgan fingerprint density at radius 2 is 2.11 bits per heavy atom. The number of carboxylic acids is 1. The largest absolute Gasteiger partial charge is 0.481 e. The van der Waals surface area contributed by atoms with Crippen molar-refractivity contribution in [2.24, 2.45) is 5.92 Å². The second-order valence-electron chi connectivity index (χ2n) is 4.05. The second kappa shape index (κ2) is 9.28. The highest BCUT2D eigenvalue weighted by Gasteiger charge is 2.15. The molecule has 0 saturated heterocycles. The van der Waals surface area contributed by atoms with Gasteiger partial charge in [0.15, 0.2) is 0 Å². The van der Waals surface area contributed by atoms with Crippen molar-refractivity contribution in [3.05, 3.63) is 0 Å². The van der Waals surface area contributed by atoms with Crippen LogP contribution in [0.1, 0.15) is 33.1 Å². The molecule has 0 aromatic carbocycles. The smallest absolute Gasteiger partial charge is 0.317 e. The summed E-state index contributed by atoms with van der Waals surface area (Å²) in [6.45, 7) is 5.01. The molecule has 102 valence electrons. The first-order valence-corrected chi connectivity index (χ1v) is 6.16. The highest BCUT2D eigenvalue weighted by atomic mass is 16.4. The summed E-state index contributed by atoms with van der Waals surface area (Å²) in [6, 6.07) is 1.75. The molecule has 0 radical (unpaired) electrons. The first kappa shape index (κ1) is 16.2. The van der Waals surface area contributed by atoms with E-state index in [4.69, 9.17) is 10.4 Å². The van der Waals surface area contributed by atoms with Crippen molar-refractivity contribution in [3.8, 4) is 6.07 Å². The van der Waals surface area contributed by atoms with Crippen LogP contribution in [-0.2, 0) is 4.79 Å². The lowest BCUT2D eigenvalue weighted by molar-refractivity contribution is -0.138. The monoisotopic (exact) mass is 255 g/mol. The van der Waals surface area contributed by atoms with Crippen LogP contribution in [0.2, 0.25) is 0 Å². The van der Waals surface area contributed by atoms with E-state index in [0.717, 1.165) is 0 Å². The van der Waals surface area contributed by atoms with Gasteiger partial charge in [-0.25, -0.2) is 4.79 Å². The lowest BCUT2D eigenvalue weighted by Crippen LogP contribution is -2.42. The van der Waals surface area contributed by atoms with E-state index < -0.39 is 5.97 Å². The van der Waals surface area contributed by atoms with Crippen molar-refractivity contribution in [2.45, 2.75) is 33.1 Å². The average molecular weight is 255 g/mol. The molecular formula is C12H21N3O3. The number of carboxylic acid groups (broad SMARTS) is 1. The minimum atomic E-state index is -0.854. The predicted molar refractivity (Wildman–Crippen MR) is 66.9 cm³/mol. The third-order valence-electron chi connectivity index (χ3n) is 2.75. The molecule has 6 heteroatoms. The maximum Gasteiger partial charge on any atom is 0.317 e. The van der Waals surface area contributed by atoms with Gasteiger partial charge in [0.1, 0.15) is 0 Å². The van der Waals surface area contributed by atoms with Gasteiger partial charge in [0.25, 0.3) is 0 Å². The molecule has 6 nitrogen and oxygen atoms in total. The Morgan fingerprint density at radius 1 is 1.44 bits per heavy atom. The van der Waals surface area contributed by atoms with Crippen LogP contribution in [0.4, 0.5) is 4.79 Å². The average Bonchev–Trinajstić information content (AvgIpc) is 2.34. The SMILES string of the molecule is CCC(CNC(=O)N(CC)CCC#N)CC(=O)O. The summed E-state index contributed by atoms with van der Waals surface area (Å²) < 4.78 is 0. The summed E-state index contributed by atoms with van der Waals surface area (Å²) in [5.74, 6) is -0.908. The molecule has 0 heterocycles. The molecule has 0 aliphatic rings. The Bertz CT molecular complexity index is 312. The summed E-state index contributed by atoms with van der Waals surface area (Å²) in [6.07, 6.45) is 1.06. The summed E-state index contributed by atoms with van der Waals surface area (Å²) in [7, 11) is 0. The minimum absolute atomic E-state index is 0.0545. The zero-order valence-corrected chi connectivity index (χ0v) is 11.0. The summed E-state index contributed by atoms with van der Waals surface area (Å²) in [5, 5.41) is 19.9. The van der Waals surface area contributed by atoms with Crippen LogP contribution in [-0.4, -0.2) is 41.6 Å². The number of nitrogens with zero attached hydrogens (tertiary/aromatic N) is 2. The first-order chi connectivity index (χ1) is 8.54. The molecule has 0 spiro atoms. The van der Waals surface area contributed by atoms with Gasteiger partial charge in [-0.1, -0.05) is 13.3 Å². The van der Waals surface area contributed by atoms with Crippen molar-refractivity contribution < 1.29 is 14.7 Å². The molecule has 0 fully saturated rings. The zero-order chi connectivity index (χ0) is 14.0. The molecule has 0 bridgehead atoms. The molecular weight excluding hydrogens is 234 g/mol. The maximum atomic E-state index is 11.7. The van der Waals surface area contributed by atoms with Crippen molar-refractivity contribution in [1.82, 2.24) is 10.2 Å². The van der Waals surface area contributed by atoms with Gasteiger partial charge in [0.2, 0.25) is 0 Å². The van der Waals surface area contributed by atoms with Crippen LogP contribution >= 0.6 is 0 Å². The van der Waals surface area contributed by atoms with Crippen molar-refractivity contribution in [1.29, 1.82) is 5.26 Å². The highest BCUT2D eigenvalue weighted by Crippen LogP contribution is 2.06. The minimum Gasteiger partial charge on any atom is -0.481 e. The van der Waals surface area contributed by atoms with Gasteiger partial charge in [-0.15, -0.1) is 0 Å². The number of nitriles is 1. The van der Waals surface area contributed by atoms with Gasteiger partial charge < -0.3 is 15.3 Å². The fourth-order valence-corrected chi connectivity index (χ4v) is 1.54. The molecule has 1 unspecified atom stereocenters. The van der Waals surface area contributed by atoms with E-state index in [-0.39, 0.29) is 18.4 Å². The van der Waals surface area contributed by atoms with E-state index >= 15 is 0 Å². The van der Waals surface area contributed by atoms with E-state index in [1.165, 1.54) is 4.90 Å². The Morgan fingerprint density at radius 3 is 2.56 bits per heavy atom. The number of amides is 2. The molecule has 0 aromatic rings. The molecule has 0 aromatic heterocycles. The van der Waals surface area contributed by atoms with E-state index in [1.54, 1.807) is 0 Å². The Labute approximate surface area is 108 Å². The first-order valence-electron chi connectivity index (χ1n) is 6.16. The van der Waals surface area contributed by atoms with Gasteiger partial charge >= 0.3 is 12.0 Å². The van der Waals surface area contributed by atoms with Gasteiger partial charge in [0, 0.05) is 26.1 Å². The zero-order valence-electron chi connectivity index (χ0n) is 11.0. The number of hydrogen-bond acceptors (Lipinski definition) is 3. The Kier molecular flexibility index (Phi) is 8.37. The molecule has 0 aliphatic heterocycles. The summed E-state index contributed by atoms with van der Waals surface area (Å²) in [5.41, 5.74) is 0. The van der Waals surface area contributed by atoms with Crippen molar-refractivity contribution in [2.75, 3.05) is 19.6 Å². The van der Waals surface area contributed by atoms with Gasteiger partial charge in [-0.3, -0.25) is 4.79 Å². The topological polar surface area (TPSA) is 93.4 Å². The third kappa shape index (κ3) is 6.74. The fourth-order valence-electron chi connectivity index (χ4n) is 1.54. The third-order valence-corrected chi connectivity index (χ3v) is 2.75. The van der Waals surface area contributed by atoms with Crippen LogP contribution < -0.4 is 5.32 Å².